The third-order valence-electron chi connectivity index (χ3n) is 3.76. The number of pyridine rings is 1. The molecule has 1 aromatic carbocycles. The van der Waals surface area contributed by atoms with E-state index in [0.29, 0.717) is 18.1 Å². The van der Waals surface area contributed by atoms with Crippen LogP contribution in [0.15, 0.2) is 48.8 Å². The Morgan fingerprint density at radius 3 is 3.00 bits per heavy atom. The standard InChI is InChI=1S/C19H21N3O2S/c1-14-6-7-18-21-16(11-22(18)10-14)12-25-13-19(23)20-9-15-4-3-5-17(8-15)24-2/h3-8,10-11H,9,12-13H2,1-2H3,(H,20,23). The molecular formula is C19H21N3O2S. The molecule has 0 radical (unpaired) electrons. The first-order chi connectivity index (χ1) is 12.1. The van der Waals surface area contributed by atoms with Crippen LogP contribution >= 0.6 is 11.8 Å². The van der Waals surface area contributed by atoms with Gasteiger partial charge in [-0.2, -0.15) is 0 Å². The maximum Gasteiger partial charge on any atom is 0.230 e. The maximum absolute atomic E-state index is 12.0. The van der Waals surface area contributed by atoms with Gasteiger partial charge < -0.3 is 14.5 Å². The lowest BCUT2D eigenvalue weighted by atomic mass is 10.2. The fourth-order valence-corrected chi connectivity index (χ4v) is 3.25. The number of nitrogens with one attached hydrogen (secondary N) is 1. The highest BCUT2D eigenvalue weighted by Crippen LogP contribution is 2.14. The molecule has 0 saturated heterocycles. The number of aromatic nitrogens is 2. The summed E-state index contributed by atoms with van der Waals surface area (Å²) in [5.41, 5.74) is 4.13. The van der Waals surface area contributed by atoms with Gasteiger partial charge in [0.2, 0.25) is 5.91 Å². The van der Waals surface area contributed by atoms with Crippen LogP contribution in [0.2, 0.25) is 0 Å². The molecule has 0 atom stereocenters. The van der Waals surface area contributed by atoms with Crippen molar-refractivity contribution in [1.82, 2.24) is 14.7 Å². The van der Waals surface area contributed by atoms with Gasteiger partial charge in [-0.3, -0.25) is 4.79 Å². The molecule has 0 unspecified atom stereocenters. The summed E-state index contributed by atoms with van der Waals surface area (Å²) in [4.78, 5) is 16.5. The number of ether oxygens (including phenoxy) is 1. The molecule has 3 aromatic rings. The number of nitrogens with zero attached hydrogens (tertiary/aromatic N) is 2. The van der Waals surface area contributed by atoms with Gasteiger partial charge in [0, 0.05) is 24.7 Å². The number of carbonyl (C=O) groups excluding carboxylic acids is 1. The van der Waals surface area contributed by atoms with Crippen molar-refractivity contribution in [2.24, 2.45) is 0 Å². The molecule has 0 aliphatic heterocycles. The molecule has 0 spiro atoms. The quantitative estimate of drug-likeness (QED) is 0.707. The van der Waals surface area contributed by atoms with Crippen LogP contribution in [0.25, 0.3) is 5.65 Å². The van der Waals surface area contributed by atoms with Gasteiger partial charge in [0.05, 0.1) is 18.6 Å². The van der Waals surface area contributed by atoms with E-state index < -0.39 is 0 Å². The summed E-state index contributed by atoms with van der Waals surface area (Å²) in [6, 6.07) is 11.7. The molecular weight excluding hydrogens is 334 g/mol. The number of carbonyl (C=O) groups is 1. The minimum Gasteiger partial charge on any atom is -0.497 e. The molecule has 1 N–H and O–H groups in total. The summed E-state index contributed by atoms with van der Waals surface area (Å²) >= 11 is 1.56. The van der Waals surface area contributed by atoms with E-state index in [1.165, 1.54) is 5.56 Å². The van der Waals surface area contributed by atoms with Crippen molar-refractivity contribution in [3.63, 3.8) is 0 Å². The predicted octanol–water partition coefficient (Wildman–Crippen LogP) is 3.20. The number of fused-ring (bicyclic) bond motifs is 1. The highest BCUT2D eigenvalue weighted by Gasteiger charge is 2.06. The third kappa shape index (κ3) is 4.76. The third-order valence-corrected chi connectivity index (χ3v) is 4.72. The summed E-state index contributed by atoms with van der Waals surface area (Å²) in [5, 5.41) is 2.93. The summed E-state index contributed by atoms with van der Waals surface area (Å²) in [5.74, 6) is 1.94. The van der Waals surface area contributed by atoms with Crippen LogP contribution < -0.4 is 10.1 Å². The van der Waals surface area contributed by atoms with E-state index in [0.717, 1.165) is 22.7 Å². The van der Waals surface area contributed by atoms with E-state index in [1.807, 2.05) is 47.0 Å². The predicted molar refractivity (Wildman–Crippen MR) is 101 cm³/mol. The Morgan fingerprint density at radius 1 is 1.28 bits per heavy atom. The number of hydrogen-bond donors (Lipinski definition) is 1. The zero-order valence-corrected chi connectivity index (χ0v) is 15.2. The van der Waals surface area contributed by atoms with Crippen LogP contribution in [0.4, 0.5) is 0 Å². The average Bonchev–Trinajstić information content (AvgIpc) is 3.02. The van der Waals surface area contributed by atoms with Crippen LogP contribution in [0.5, 0.6) is 5.75 Å². The maximum atomic E-state index is 12.0. The fraction of sp³-hybridized carbons (Fsp3) is 0.263. The molecule has 2 aromatic heterocycles. The van der Waals surface area contributed by atoms with Crippen LogP contribution in [0.3, 0.4) is 0 Å². The zero-order valence-electron chi connectivity index (χ0n) is 14.4. The first-order valence-corrected chi connectivity index (χ1v) is 9.21. The van der Waals surface area contributed by atoms with Crippen molar-refractivity contribution in [3.05, 3.63) is 65.6 Å². The van der Waals surface area contributed by atoms with Gasteiger partial charge in [0.15, 0.2) is 0 Å². The highest BCUT2D eigenvalue weighted by molar-refractivity contribution is 7.99. The van der Waals surface area contributed by atoms with Crippen LogP contribution in [0, 0.1) is 6.92 Å². The van der Waals surface area contributed by atoms with Crippen molar-refractivity contribution in [3.8, 4) is 5.75 Å². The van der Waals surface area contributed by atoms with E-state index in [4.69, 9.17) is 4.74 Å². The van der Waals surface area contributed by atoms with Crippen LogP contribution in [-0.4, -0.2) is 28.2 Å². The number of hydrogen-bond acceptors (Lipinski definition) is 4. The molecule has 3 rings (SSSR count). The number of rotatable bonds is 7. The first-order valence-electron chi connectivity index (χ1n) is 8.05. The Labute approximate surface area is 151 Å². The minimum absolute atomic E-state index is 0.0208. The summed E-state index contributed by atoms with van der Waals surface area (Å²) < 4.78 is 7.20. The largest absolute Gasteiger partial charge is 0.497 e. The SMILES string of the molecule is COc1cccc(CNC(=O)CSCc2cn3cc(C)ccc3n2)c1. The minimum atomic E-state index is 0.0208. The first kappa shape index (κ1) is 17.4. The Hall–Kier alpha value is -2.47. The number of methoxy groups -OCH3 is 1. The van der Waals surface area contributed by atoms with Crippen molar-refractivity contribution >= 4 is 23.3 Å². The topological polar surface area (TPSA) is 55.6 Å². The molecule has 0 saturated carbocycles. The Balaban J connectivity index is 1.45. The van der Waals surface area contributed by atoms with Gasteiger partial charge in [-0.15, -0.1) is 11.8 Å². The van der Waals surface area contributed by atoms with Crippen molar-refractivity contribution in [2.45, 2.75) is 19.2 Å². The molecule has 0 fully saturated rings. The van der Waals surface area contributed by atoms with Crippen molar-refractivity contribution in [1.29, 1.82) is 0 Å². The van der Waals surface area contributed by atoms with Crippen LogP contribution in [0.1, 0.15) is 16.8 Å². The fourth-order valence-electron chi connectivity index (χ4n) is 2.51. The normalized spacial score (nSPS) is 10.8. The number of aryl methyl sites for hydroxylation is 1. The second-order valence-corrected chi connectivity index (χ2v) is 6.81. The van der Waals surface area contributed by atoms with Gasteiger partial charge in [-0.25, -0.2) is 4.98 Å². The average molecular weight is 355 g/mol. The molecule has 25 heavy (non-hydrogen) atoms. The zero-order chi connectivity index (χ0) is 17.6. The number of imidazole rings is 1. The van der Waals surface area contributed by atoms with Crippen LogP contribution in [-0.2, 0) is 17.1 Å². The van der Waals surface area contributed by atoms with E-state index >= 15 is 0 Å². The smallest absolute Gasteiger partial charge is 0.230 e. The highest BCUT2D eigenvalue weighted by atomic mass is 32.2. The van der Waals surface area contributed by atoms with Gasteiger partial charge in [-0.05, 0) is 36.2 Å². The molecule has 0 bridgehead atoms. The van der Waals surface area contributed by atoms with E-state index in [9.17, 15) is 4.79 Å². The number of benzene rings is 1. The lowest BCUT2D eigenvalue weighted by Crippen LogP contribution is -2.24. The molecule has 0 aliphatic carbocycles. The Morgan fingerprint density at radius 2 is 2.16 bits per heavy atom. The number of amides is 1. The summed E-state index contributed by atoms with van der Waals surface area (Å²) in [6.07, 6.45) is 4.07. The van der Waals surface area contributed by atoms with Gasteiger partial charge >= 0.3 is 0 Å². The molecule has 5 nitrogen and oxygen atoms in total. The second kappa shape index (κ2) is 8.07. The summed E-state index contributed by atoms with van der Waals surface area (Å²) in [6.45, 7) is 2.56. The lowest BCUT2D eigenvalue weighted by Gasteiger charge is -2.06. The van der Waals surface area contributed by atoms with E-state index in [2.05, 4.69) is 23.4 Å². The van der Waals surface area contributed by atoms with Crippen molar-refractivity contribution in [2.75, 3.05) is 12.9 Å². The van der Waals surface area contributed by atoms with Gasteiger partial charge in [0.1, 0.15) is 11.4 Å². The number of thioether (sulfide) groups is 1. The lowest BCUT2D eigenvalue weighted by molar-refractivity contribution is -0.118. The van der Waals surface area contributed by atoms with Crippen molar-refractivity contribution < 1.29 is 9.53 Å². The second-order valence-electron chi connectivity index (χ2n) is 5.83. The molecule has 2 heterocycles. The molecule has 0 aliphatic rings. The molecule has 1 amide bonds. The van der Waals surface area contributed by atoms with Gasteiger partial charge in [-0.1, -0.05) is 18.2 Å². The van der Waals surface area contributed by atoms with E-state index in [-0.39, 0.29) is 5.91 Å². The monoisotopic (exact) mass is 355 g/mol. The van der Waals surface area contributed by atoms with E-state index in [1.54, 1.807) is 18.9 Å². The van der Waals surface area contributed by atoms with Gasteiger partial charge in [0.25, 0.3) is 0 Å². The molecule has 6 heteroatoms. The molecule has 130 valence electrons. The summed E-state index contributed by atoms with van der Waals surface area (Å²) in [7, 11) is 1.63. The Kier molecular flexibility index (Phi) is 5.60. The Bertz CT molecular complexity index is 876.